The lowest BCUT2D eigenvalue weighted by Crippen LogP contribution is -2.36. The van der Waals surface area contributed by atoms with Crippen molar-refractivity contribution in [2.75, 3.05) is 6.61 Å². The monoisotopic (exact) mass is 207 g/mol. The molecule has 0 saturated carbocycles. The molecule has 0 spiro atoms. The highest BCUT2D eigenvalue weighted by atomic mass is 16.3. The van der Waals surface area contributed by atoms with Gasteiger partial charge in [0.25, 0.3) is 0 Å². The van der Waals surface area contributed by atoms with E-state index in [1.165, 1.54) is 11.1 Å². The lowest BCUT2D eigenvalue weighted by molar-refractivity contribution is 0.210. The first-order valence-electron chi connectivity index (χ1n) is 5.53. The summed E-state index contributed by atoms with van der Waals surface area (Å²) >= 11 is 0. The predicted octanol–water partition coefficient (Wildman–Crippen LogP) is 2.10. The largest absolute Gasteiger partial charge is 0.395 e. The molecule has 0 unspecified atom stereocenters. The maximum absolute atomic E-state index is 9.17. The number of nitrogens with one attached hydrogen (secondary N) is 1. The molecule has 0 bridgehead atoms. The molecule has 0 aliphatic carbocycles. The summed E-state index contributed by atoms with van der Waals surface area (Å²) in [5, 5.41) is 12.5. The quantitative estimate of drug-likeness (QED) is 0.775. The summed E-state index contributed by atoms with van der Waals surface area (Å²) in [5.41, 5.74) is 2.55. The minimum atomic E-state index is 0.186. The fourth-order valence-corrected chi connectivity index (χ4v) is 1.58. The first-order chi connectivity index (χ1) is 7.13. The van der Waals surface area contributed by atoms with Crippen LogP contribution in [-0.2, 0) is 6.54 Å². The van der Waals surface area contributed by atoms with E-state index in [1.54, 1.807) is 0 Å². The van der Waals surface area contributed by atoms with Crippen molar-refractivity contribution in [1.82, 2.24) is 5.32 Å². The Morgan fingerprint density at radius 1 is 1.33 bits per heavy atom. The number of hydrogen-bond donors (Lipinski definition) is 2. The van der Waals surface area contributed by atoms with Gasteiger partial charge < -0.3 is 10.4 Å². The van der Waals surface area contributed by atoms with E-state index in [9.17, 15) is 0 Å². The fourth-order valence-electron chi connectivity index (χ4n) is 1.58. The number of rotatable bonds is 5. The molecule has 0 aliphatic rings. The highest BCUT2D eigenvalue weighted by molar-refractivity contribution is 5.22. The summed E-state index contributed by atoms with van der Waals surface area (Å²) in [6.07, 6.45) is 0. The third-order valence-corrected chi connectivity index (χ3v) is 2.65. The van der Waals surface area contributed by atoms with Gasteiger partial charge in [0.05, 0.1) is 6.61 Å². The molecule has 2 nitrogen and oxygen atoms in total. The van der Waals surface area contributed by atoms with Crippen molar-refractivity contribution in [3.05, 3.63) is 35.4 Å². The van der Waals surface area contributed by atoms with Crippen molar-refractivity contribution in [2.24, 2.45) is 5.92 Å². The minimum Gasteiger partial charge on any atom is -0.395 e. The SMILES string of the molecule is Cc1cccc(CN[C@H](CO)C(C)C)c1. The molecule has 1 atom stereocenters. The molecule has 2 N–H and O–H groups in total. The van der Waals surface area contributed by atoms with E-state index in [-0.39, 0.29) is 12.6 Å². The van der Waals surface area contributed by atoms with Crippen LogP contribution < -0.4 is 5.32 Å². The second kappa shape index (κ2) is 5.89. The highest BCUT2D eigenvalue weighted by Gasteiger charge is 2.10. The average Bonchev–Trinajstić information content (AvgIpc) is 2.18. The van der Waals surface area contributed by atoms with Gasteiger partial charge in [-0.05, 0) is 18.4 Å². The normalized spacial score (nSPS) is 13.1. The van der Waals surface area contributed by atoms with E-state index in [2.05, 4.69) is 50.4 Å². The molecule has 2 heteroatoms. The van der Waals surface area contributed by atoms with E-state index in [0.29, 0.717) is 5.92 Å². The van der Waals surface area contributed by atoms with Crippen molar-refractivity contribution in [1.29, 1.82) is 0 Å². The predicted molar refractivity (Wildman–Crippen MR) is 63.7 cm³/mol. The third-order valence-electron chi connectivity index (χ3n) is 2.65. The van der Waals surface area contributed by atoms with Crippen LogP contribution in [0.1, 0.15) is 25.0 Å². The van der Waals surface area contributed by atoms with Crippen LogP contribution in [0.15, 0.2) is 24.3 Å². The van der Waals surface area contributed by atoms with Crippen molar-refractivity contribution in [3.63, 3.8) is 0 Å². The van der Waals surface area contributed by atoms with E-state index < -0.39 is 0 Å². The zero-order valence-electron chi connectivity index (χ0n) is 9.83. The Kier molecular flexibility index (Phi) is 4.79. The Hall–Kier alpha value is -0.860. The molecule has 1 aromatic rings. The van der Waals surface area contributed by atoms with E-state index in [0.717, 1.165) is 6.54 Å². The number of aliphatic hydroxyl groups is 1. The summed E-state index contributed by atoms with van der Waals surface area (Å²) in [4.78, 5) is 0. The maximum Gasteiger partial charge on any atom is 0.0587 e. The number of aliphatic hydroxyl groups excluding tert-OH is 1. The summed E-state index contributed by atoms with van der Waals surface area (Å²) in [6.45, 7) is 7.35. The van der Waals surface area contributed by atoms with Gasteiger partial charge in [0.1, 0.15) is 0 Å². The smallest absolute Gasteiger partial charge is 0.0587 e. The second-order valence-corrected chi connectivity index (χ2v) is 4.40. The maximum atomic E-state index is 9.17. The molecule has 0 amide bonds. The van der Waals surface area contributed by atoms with Gasteiger partial charge in [-0.25, -0.2) is 0 Å². The van der Waals surface area contributed by atoms with Crippen LogP contribution in [0, 0.1) is 12.8 Å². The topological polar surface area (TPSA) is 32.3 Å². The fraction of sp³-hybridized carbons (Fsp3) is 0.538. The summed E-state index contributed by atoms with van der Waals surface area (Å²) in [5.74, 6) is 0.458. The molecule has 1 aromatic carbocycles. The van der Waals surface area contributed by atoms with Crippen LogP contribution in [0.25, 0.3) is 0 Å². The Labute approximate surface area is 92.3 Å². The van der Waals surface area contributed by atoms with Crippen LogP contribution in [0.2, 0.25) is 0 Å². The first kappa shape index (κ1) is 12.2. The summed E-state index contributed by atoms with van der Waals surface area (Å²) in [7, 11) is 0. The molecule has 0 radical (unpaired) electrons. The Morgan fingerprint density at radius 3 is 2.60 bits per heavy atom. The van der Waals surface area contributed by atoms with Gasteiger partial charge in [-0.3, -0.25) is 0 Å². The van der Waals surface area contributed by atoms with E-state index >= 15 is 0 Å². The zero-order chi connectivity index (χ0) is 11.3. The van der Waals surface area contributed by atoms with Crippen LogP contribution in [0.4, 0.5) is 0 Å². The molecule has 0 aliphatic heterocycles. The van der Waals surface area contributed by atoms with Gasteiger partial charge in [0.2, 0.25) is 0 Å². The van der Waals surface area contributed by atoms with Gasteiger partial charge >= 0.3 is 0 Å². The van der Waals surface area contributed by atoms with Crippen LogP contribution in [0.3, 0.4) is 0 Å². The van der Waals surface area contributed by atoms with Crippen LogP contribution in [-0.4, -0.2) is 17.8 Å². The van der Waals surface area contributed by atoms with Gasteiger partial charge in [-0.1, -0.05) is 43.7 Å². The summed E-state index contributed by atoms with van der Waals surface area (Å²) < 4.78 is 0. The third kappa shape index (κ3) is 4.02. The van der Waals surface area contributed by atoms with Gasteiger partial charge in [-0.2, -0.15) is 0 Å². The van der Waals surface area contributed by atoms with Crippen molar-refractivity contribution in [3.8, 4) is 0 Å². The van der Waals surface area contributed by atoms with Gasteiger partial charge in [-0.15, -0.1) is 0 Å². The number of hydrogen-bond acceptors (Lipinski definition) is 2. The lowest BCUT2D eigenvalue weighted by Gasteiger charge is -2.20. The molecular weight excluding hydrogens is 186 g/mol. The van der Waals surface area contributed by atoms with Crippen molar-refractivity contribution < 1.29 is 5.11 Å². The van der Waals surface area contributed by atoms with Crippen molar-refractivity contribution >= 4 is 0 Å². The second-order valence-electron chi connectivity index (χ2n) is 4.40. The molecule has 0 aromatic heterocycles. The number of aryl methyl sites for hydroxylation is 1. The van der Waals surface area contributed by atoms with Gasteiger partial charge in [0, 0.05) is 12.6 Å². The molecule has 84 valence electrons. The molecule has 1 rings (SSSR count). The Bertz CT molecular complexity index is 296. The number of benzene rings is 1. The van der Waals surface area contributed by atoms with E-state index in [4.69, 9.17) is 5.11 Å². The standard InChI is InChI=1S/C13H21NO/c1-10(2)13(9-15)14-8-12-6-4-5-11(3)7-12/h4-7,10,13-15H,8-9H2,1-3H3/t13-/m1/s1. The molecule has 0 fully saturated rings. The van der Waals surface area contributed by atoms with Gasteiger partial charge in [0.15, 0.2) is 0 Å². The Balaban J connectivity index is 2.49. The van der Waals surface area contributed by atoms with Crippen LogP contribution >= 0.6 is 0 Å². The minimum absolute atomic E-state index is 0.186. The van der Waals surface area contributed by atoms with Crippen LogP contribution in [0.5, 0.6) is 0 Å². The lowest BCUT2D eigenvalue weighted by atomic mass is 10.0. The summed E-state index contributed by atoms with van der Waals surface area (Å²) in [6, 6.07) is 8.62. The Morgan fingerprint density at radius 2 is 2.07 bits per heavy atom. The highest BCUT2D eigenvalue weighted by Crippen LogP contribution is 2.06. The molecular formula is C13H21NO. The van der Waals surface area contributed by atoms with Crippen molar-refractivity contribution in [2.45, 2.75) is 33.4 Å². The molecule has 0 saturated heterocycles. The first-order valence-corrected chi connectivity index (χ1v) is 5.53. The van der Waals surface area contributed by atoms with E-state index in [1.807, 2.05) is 0 Å². The zero-order valence-corrected chi connectivity index (χ0v) is 9.83. The molecule has 15 heavy (non-hydrogen) atoms. The molecule has 0 heterocycles. The average molecular weight is 207 g/mol.